The fraction of sp³-hybridized carbons (Fsp3) is 0. The molecule has 0 bridgehead atoms. The fourth-order valence-electron chi connectivity index (χ4n) is 1.67. The van der Waals surface area contributed by atoms with Gasteiger partial charge in [0, 0.05) is 16.1 Å². The third-order valence-corrected chi connectivity index (χ3v) is 3.82. The van der Waals surface area contributed by atoms with Gasteiger partial charge in [-0.1, -0.05) is 12.1 Å². The minimum atomic E-state index is -3.88. The Morgan fingerprint density at radius 1 is 1.17 bits per heavy atom. The van der Waals surface area contributed by atoms with Crippen molar-refractivity contribution in [1.82, 2.24) is 0 Å². The summed E-state index contributed by atoms with van der Waals surface area (Å²) in [6.45, 7) is 0. The van der Waals surface area contributed by atoms with Crippen LogP contribution in [0.5, 0.6) is 5.75 Å². The Hall–Kier alpha value is -1.79. The number of fused-ring (bicyclic) bond motifs is 1. The van der Waals surface area contributed by atoms with Crippen LogP contribution in [0.4, 0.5) is 0 Å². The maximum absolute atomic E-state index is 11.2. The average Bonchev–Trinajstić information content (AvgIpc) is 2.26. The number of phenols is 1. The molecule has 0 aliphatic rings. The van der Waals surface area contributed by atoms with Gasteiger partial charge in [-0.05, 0) is 23.6 Å². The summed E-state index contributed by atoms with van der Waals surface area (Å²) in [6, 6.07) is 6.35. The third-order valence-electron chi connectivity index (χ3n) is 2.46. The summed E-state index contributed by atoms with van der Waals surface area (Å²) in [5.74, 6) is -1.67. The Balaban J connectivity index is 2.84. The van der Waals surface area contributed by atoms with Crippen molar-refractivity contribution in [3.63, 3.8) is 0 Å². The summed E-state index contributed by atoms with van der Waals surface area (Å²) in [5, 5.41) is 19.1. The SMILES string of the molecule is O=C(O)c1c(O)ccc2cc(S(=O)(=O)Cl)ccc12. The summed E-state index contributed by atoms with van der Waals surface area (Å²) in [7, 11) is 1.32. The number of carboxylic acids is 1. The average molecular weight is 287 g/mol. The Bertz CT molecular complexity index is 751. The Kier molecular flexibility index (Phi) is 2.92. The summed E-state index contributed by atoms with van der Waals surface area (Å²) in [5.41, 5.74) is -0.272. The monoisotopic (exact) mass is 286 g/mol. The molecule has 0 spiro atoms. The largest absolute Gasteiger partial charge is 0.507 e. The molecule has 2 rings (SSSR count). The van der Waals surface area contributed by atoms with Crippen molar-refractivity contribution in [2.75, 3.05) is 0 Å². The van der Waals surface area contributed by atoms with Crippen LogP contribution in [0.2, 0.25) is 0 Å². The van der Waals surface area contributed by atoms with Crippen molar-refractivity contribution < 1.29 is 23.4 Å². The van der Waals surface area contributed by atoms with Gasteiger partial charge >= 0.3 is 5.97 Å². The van der Waals surface area contributed by atoms with E-state index in [1.54, 1.807) is 0 Å². The van der Waals surface area contributed by atoms with Gasteiger partial charge in [0.25, 0.3) is 9.05 Å². The molecule has 2 aromatic rings. The van der Waals surface area contributed by atoms with E-state index in [9.17, 15) is 18.3 Å². The molecule has 2 aromatic carbocycles. The molecular weight excluding hydrogens is 280 g/mol. The van der Waals surface area contributed by atoms with E-state index in [0.717, 1.165) is 0 Å². The van der Waals surface area contributed by atoms with Crippen LogP contribution >= 0.6 is 10.7 Å². The molecule has 0 heterocycles. The molecule has 0 amide bonds. The highest BCUT2D eigenvalue weighted by Gasteiger charge is 2.16. The number of carbonyl (C=O) groups is 1. The normalized spacial score (nSPS) is 11.6. The number of aromatic hydroxyl groups is 1. The van der Waals surface area contributed by atoms with E-state index >= 15 is 0 Å². The molecule has 18 heavy (non-hydrogen) atoms. The number of carboxylic acid groups (broad SMARTS) is 1. The fourth-order valence-corrected chi connectivity index (χ4v) is 2.46. The van der Waals surface area contributed by atoms with Gasteiger partial charge < -0.3 is 10.2 Å². The van der Waals surface area contributed by atoms with Crippen LogP contribution < -0.4 is 0 Å². The molecule has 2 N–H and O–H groups in total. The van der Waals surface area contributed by atoms with Crippen molar-refractivity contribution in [2.24, 2.45) is 0 Å². The van der Waals surface area contributed by atoms with E-state index in [1.165, 1.54) is 30.3 Å². The van der Waals surface area contributed by atoms with Crippen molar-refractivity contribution in [3.05, 3.63) is 35.9 Å². The number of aromatic carboxylic acids is 1. The van der Waals surface area contributed by atoms with E-state index in [-0.39, 0.29) is 21.6 Å². The van der Waals surface area contributed by atoms with E-state index in [4.69, 9.17) is 15.8 Å². The lowest BCUT2D eigenvalue weighted by molar-refractivity contribution is 0.0696. The van der Waals surface area contributed by atoms with Crippen molar-refractivity contribution in [2.45, 2.75) is 4.90 Å². The molecule has 0 radical (unpaired) electrons. The maximum Gasteiger partial charge on any atom is 0.340 e. The van der Waals surface area contributed by atoms with Crippen molar-refractivity contribution in [1.29, 1.82) is 0 Å². The van der Waals surface area contributed by atoms with Gasteiger partial charge in [0.2, 0.25) is 0 Å². The molecule has 0 atom stereocenters. The summed E-state index contributed by atoms with van der Waals surface area (Å²) >= 11 is 0. The number of benzene rings is 2. The van der Waals surface area contributed by atoms with Crippen LogP contribution in [0.15, 0.2) is 35.2 Å². The molecule has 0 aliphatic heterocycles. The van der Waals surface area contributed by atoms with E-state index in [1.807, 2.05) is 0 Å². The first kappa shape index (κ1) is 12.7. The predicted molar refractivity (Wildman–Crippen MR) is 65.6 cm³/mol. The smallest absolute Gasteiger partial charge is 0.340 e. The van der Waals surface area contributed by atoms with Crippen LogP contribution in [-0.2, 0) is 9.05 Å². The molecule has 0 fully saturated rings. The topological polar surface area (TPSA) is 91.7 Å². The Morgan fingerprint density at radius 2 is 1.83 bits per heavy atom. The molecule has 0 saturated heterocycles. The van der Waals surface area contributed by atoms with Gasteiger partial charge in [-0.2, -0.15) is 0 Å². The standard InChI is InChI=1S/C11H7ClO5S/c12-18(16,17)7-2-3-8-6(5-7)1-4-9(13)10(8)11(14)15/h1-5,13H,(H,14,15). The second kappa shape index (κ2) is 4.15. The summed E-state index contributed by atoms with van der Waals surface area (Å²) in [4.78, 5) is 10.9. The number of hydrogen-bond donors (Lipinski definition) is 2. The number of halogens is 1. The number of hydrogen-bond acceptors (Lipinski definition) is 4. The second-order valence-corrected chi connectivity index (χ2v) is 6.15. The van der Waals surface area contributed by atoms with Crippen LogP contribution in [0.3, 0.4) is 0 Å². The van der Waals surface area contributed by atoms with Crippen LogP contribution in [0, 0.1) is 0 Å². The van der Waals surface area contributed by atoms with Crippen LogP contribution in [0.1, 0.15) is 10.4 Å². The highest BCUT2D eigenvalue weighted by Crippen LogP contribution is 2.29. The molecule has 0 aromatic heterocycles. The van der Waals surface area contributed by atoms with E-state index in [2.05, 4.69) is 0 Å². The first-order valence-corrected chi connectivity index (χ1v) is 7.05. The highest BCUT2D eigenvalue weighted by molar-refractivity contribution is 8.13. The summed E-state index contributed by atoms with van der Waals surface area (Å²) in [6.07, 6.45) is 0. The zero-order valence-electron chi connectivity index (χ0n) is 8.79. The van der Waals surface area contributed by atoms with Crippen molar-refractivity contribution in [3.8, 4) is 5.75 Å². The maximum atomic E-state index is 11.2. The Morgan fingerprint density at radius 3 is 2.39 bits per heavy atom. The molecule has 5 nitrogen and oxygen atoms in total. The molecule has 7 heteroatoms. The van der Waals surface area contributed by atoms with E-state index in [0.29, 0.717) is 5.39 Å². The second-order valence-electron chi connectivity index (χ2n) is 3.59. The van der Waals surface area contributed by atoms with Crippen LogP contribution in [0.25, 0.3) is 10.8 Å². The molecular formula is C11H7ClO5S. The summed E-state index contributed by atoms with van der Waals surface area (Å²) < 4.78 is 22.3. The zero-order valence-corrected chi connectivity index (χ0v) is 10.4. The lowest BCUT2D eigenvalue weighted by Gasteiger charge is -2.06. The highest BCUT2D eigenvalue weighted by atomic mass is 35.7. The first-order valence-electron chi connectivity index (χ1n) is 4.74. The van der Waals surface area contributed by atoms with Crippen molar-refractivity contribution >= 4 is 36.5 Å². The van der Waals surface area contributed by atoms with Gasteiger partial charge in [0.1, 0.15) is 11.3 Å². The first-order chi connectivity index (χ1) is 8.30. The quantitative estimate of drug-likeness (QED) is 0.826. The third kappa shape index (κ3) is 2.12. The minimum absolute atomic E-state index is 0.126. The minimum Gasteiger partial charge on any atom is -0.507 e. The molecule has 0 saturated carbocycles. The molecule has 94 valence electrons. The predicted octanol–water partition coefficient (Wildman–Crippen LogP) is 2.17. The Labute approximate surface area is 107 Å². The van der Waals surface area contributed by atoms with Gasteiger partial charge in [-0.25, -0.2) is 13.2 Å². The van der Waals surface area contributed by atoms with Crippen LogP contribution in [-0.4, -0.2) is 24.6 Å². The van der Waals surface area contributed by atoms with Gasteiger partial charge in [0.15, 0.2) is 0 Å². The lowest BCUT2D eigenvalue weighted by Crippen LogP contribution is -1.99. The van der Waals surface area contributed by atoms with Gasteiger partial charge in [-0.3, -0.25) is 0 Å². The zero-order chi connectivity index (χ0) is 13.5. The lowest BCUT2D eigenvalue weighted by atomic mass is 10.0. The van der Waals surface area contributed by atoms with Gasteiger partial charge in [-0.15, -0.1) is 0 Å². The molecule has 0 unspecified atom stereocenters. The van der Waals surface area contributed by atoms with Gasteiger partial charge in [0.05, 0.1) is 4.90 Å². The number of rotatable bonds is 2. The molecule has 0 aliphatic carbocycles. The van der Waals surface area contributed by atoms with E-state index < -0.39 is 15.0 Å².